The Bertz CT molecular complexity index is 119. The van der Waals surface area contributed by atoms with Crippen LogP contribution in [0, 0.1) is 23.2 Å². The Balaban J connectivity index is 2.98. The van der Waals surface area contributed by atoms with E-state index < -0.39 is 0 Å². The molecule has 0 aliphatic carbocycles. The molecule has 0 rings (SSSR count). The zero-order chi connectivity index (χ0) is 5.54. The molecule has 0 atom stereocenters. The Hall–Kier alpha value is -0.950. The Labute approximate surface area is 44.0 Å². The van der Waals surface area contributed by atoms with Crippen LogP contribution in [-0.2, 0) is 0 Å². The highest BCUT2D eigenvalue weighted by atomic mass is 14.2. The van der Waals surface area contributed by atoms with E-state index in [0.717, 1.165) is 0 Å². The third-order valence-electron chi connectivity index (χ3n) is 0.539. The average Bonchev–Trinajstić information content (AvgIpc) is 1.69. The van der Waals surface area contributed by atoms with Crippen molar-refractivity contribution in [2.45, 2.75) is 19.8 Å². The van der Waals surface area contributed by atoms with Crippen molar-refractivity contribution in [3.8, 4) is 17.9 Å². The second kappa shape index (κ2) is 5.05. The van der Waals surface area contributed by atoms with Gasteiger partial charge in [0.25, 0.3) is 0 Å². The summed E-state index contributed by atoms with van der Waals surface area (Å²) in [7, 11) is 0. The molecule has 0 heterocycles. The predicted octanol–water partition coefficient (Wildman–Crippen LogP) is 1.31. The van der Waals surface area contributed by atoms with Gasteiger partial charge < -0.3 is 0 Å². The summed E-state index contributed by atoms with van der Waals surface area (Å²) in [5.74, 6) is 5.48. The van der Waals surface area contributed by atoms with Gasteiger partial charge in [-0.15, -0.1) is 11.8 Å². The summed E-state index contributed by atoms with van der Waals surface area (Å²) in [6.45, 7) is 1.78. The maximum absolute atomic E-state index is 7.98. The largest absolute Gasteiger partial charge is 0.198 e. The smallest absolute Gasteiger partial charge is 0.0631 e. The number of nitrogens with zero attached hydrogens (tertiary/aromatic N) is 1. The van der Waals surface area contributed by atoms with E-state index in [4.69, 9.17) is 5.26 Å². The van der Waals surface area contributed by atoms with Gasteiger partial charge in [-0.2, -0.15) is 5.26 Å². The van der Waals surface area contributed by atoms with E-state index in [1.807, 2.05) is 6.07 Å². The number of hydrogen-bond acceptors (Lipinski definition) is 1. The molecule has 0 amide bonds. The summed E-state index contributed by atoms with van der Waals surface area (Å²) >= 11 is 0. The van der Waals surface area contributed by atoms with Crippen molar-refractivity contribution >= 4 is 0 Å². The molecule has 0 fully saturated rings. The quantitative estimate of drug-likeness (QED) is 0.354. The molecule has 1 heteroatoms. The molecule has 0 bridgehead atoms. The van der Waals surface area contributed by atoms with Crippen LogP contribution in [0.3, 0.4) is 0 Å². The van der Waals surface area contributed by atoms with E-state index in [9.17, 15) is 0 Å². The average molecular weight is 93.1 g/mol. The monoisotopic (exact) mass is 93.1 g/mol. The summed E-state index contributed by atoms with van der Waals surface area (Å²) in [4.78, 5) is 0. The van der Waals surface area contributed by atoms with Gasteiger partial charge >= 0.3 is 0 Å². The molecule has 0 saturated heterocycles. The Kier molecular flexibility index (Phi) is 4.36. The van der Waals surface area contributed by atoms with Gasteiger partial charge in [0.05, 0.1) is 6.07 Å². The first-order chi connectivity index (χ1) is 3.41. The van der Waals surface area contributed by atoms with Crippen LogP contribution in [-0.4, -0.2) is 0 Å². The number of rotatable bonds is 1. The number of hydrogen-bond donors (Lipinski definition) is 0. The summed E-state index contributed by atoms with van der Waals surface area (Å²) in [6, 6.07) is 2.00. The molecular weight excluding hydrogens is 86.1 g/mol. The maximum atomic E-state index is 7.98. The van der Waals surface area contributed by atoms with E-state index in [1.165, 1.54) is 0 Å². The molecule has 0 spiro atoms. The van der Waals surface area contributed by atoms with Crippen molar-refractivity contribution in [1.82, 2.24) is 0 Å². The van der Waals surface area contributed by atoms with Gasteiger partial charge in [0.15, 0.2) is 0 Å². The van der Waals surface area contributed by atoms with Crippen LogP contribution in [0.2, 0.25) is 0 Å². The van der Waals surface area contributed by atoms with Crippen molar-refractivity contribution in [1.29, 1.82) is 5.26 Å². The van der Waals surface area contributed by atoms with Gasteiger partial charge in [0, 0.05) is 12.8 Å². The summed E-state index contributed by atoms with van der Waals surface area (Å²) < 4.78 is 0. The Morgan fingerprint density at radius 3 is 2.57 bits per heavy atom. The Morgan fingerprint density at radius 1 is 1.43 bits per heavy atom. The molecule has 0 radical (unpaired) electrons. The molecule has 1 nitrogen and oxygen atoms in total. The molecular formula is C6H7N. The minimum Gasteiger partial charge on any atom is -0.198 e. The molecule has 0 aromatic rings. The standard InChI is InChI=1S/C6H7N/c1-2-3-4-5-6-7/h4-5H2,1H3. The van der Waals surface area contributed by atoms with Crippen molar-refractivity contribution in [2.75, 3.05) is 0 Å². The third-order valence-corrected chi connectivity index (χ3v) is 0.539. The fraction of sp³-hybridized carbons (Fsp3) is 0.500. The van der Waals surface area contributed by atoms with Crippen molar-refractivity contribution in [2.24, 2.45) is 0 Å². The summed E-state index contributed by atoms with van der Waals surface area (Å²) in [5.41, 5.74) is 0. The predicted molar refractivity (Wildman–Crippen MR) is 28.3 cm³/mol. The normalized spacial score (nSPS) is 5.71. The van der Waals surface area contributed by atoms with Crippen molar-refractivity contribution < 1.29 is 0 Å². The van der Waals surface area contributed by atoms with E-state index in [0.29, 0.717) is 12.8 Å². The van der Waals surface area contributed by atoms with E-state index in [2.05, 4.69) is 11.8 Å². The van der Waals surface area contributed by atoms with Crippen LogP contribution < -0.4 is 0 Å². The van der Waals surface area contributed by atoms with Crippen LogP contribution in [0.1, 0.15) is 19.8 Å². The van der Waals surface area contributed by atoms with Crippen LogP contribution >= 0.6 is 0 Å². The fourth-order valence-corrected chi connectivity index (χ4v) is 0.243. The van der Waals surface area contributed by atoms with Crippen LogP contribution in [0.5, 0.6) is 0 Å². The molecule has 0 aromatic heterocycles. The first-order valence-electron chi connectivity index (χ1n) is 2.18. The summed E-state index contributed by atoms with van der Waals surface area (Å²) in [5, 5.41) is 7.98. The highest BCUT2D eigenvalue weighted by molar-refractivity contribution is 4.96. The van der Waals surface area contributed by atoms with Crippen LogP contribution in [0.4, 0.5) is 0 Å². The lowest BCUT2D eigenvalue weighted by Crippen LogP contribution is -1.60. The lowest BCUT2D eigenvalue weighted by atomic mass is 10.3. The second-order valence-corrected chi connectivity index (χ2v) is 1.08. The molecule has 0 unspecified atom stereocenters. The first-order valence-corrected chi connectivity index (χ1v) is 2.18. The zero-order valence-corrected chi connectivity index (χ0v) is 4.36. The van der Waals surface area contributed by atoms with Gasteiger partial charge in [-0.3, -0.25) is 0 Å². The third kappa shape index (κ3) is 5.05. The first kappa shape index (κ1) is 6.05. The van der Waals surface area contributed by atoms with Gasteiger partial charge in [0.1, 0.15) is 0 Å². The van der Waals surface area contributed by atoms with Gasteiger partial charge in [-0.25, -0.2) is 0 Å². The van der Waals surface area contributed by atoms with Gasteiger partial charge in [-0.1, -0.05) is 0 Å². The zero-order valence-electron chi connectivity index (χ0n) is 4.36. The van der Waals surface area contributed by atoms with Crippen molar-refractivity contribution in [3.05, 3.63) is 0 Å². The maximum Gasteiger partial charge on any atom is 0.0631 e. The molecule has 36 valence electrons. The van der Waals surface area contributed by atoms with E-state index in [-0.39, 0.29) is 0 Å². The topological polar surface area (TPSA) is 23.8 Å². The SMILES string of the molecule is CC#CCCC#N. The molecule has 0 aliphatic rings. The van der Waals surface area contributed by atoms with E-state index >= 15 is 0 Å². The number of nitriles is 1. The van der Waals surface area contributed by atoms with Crippen LogP contribution in [0.25, 0.3) is 0 Å². The molecule has 0 saturated carbocycles. The van der Waals surface area contributed by atoms with Crippen molar-refractivity contribution in [3.63, 3.8) is 0 Å². The summed E-state index contributed by atoms with van der Waals surface area (Å²) in [6.07, 6.45) is 1.27. The lowest BCUT2D eigenvalue weighted by Gasteiger charge is -1.69. The number of unbranched alkanes of at least 4 members (excludes halogenated alkanes) is 1. The lowest BCUT2D eigenvalue weighted by molar-refractivity contribution is 1.09. The van der Waals surface area contributed by atoms with E-state index in [1.54, 1.807) is 6.92 Å². The molecule has 7 heavy (non-hydrogen) atoms. The highest BCUT2D eigenvalue weighted by Gasteiger charge is 1.70. The highest BCUT2D eigenvalue weighted by Crippen LogP contribution is 1.79. The van der Waals surface area contributed by atoms with Gasteiger partial charge in [-0.05, 0) is 6.92 Å². The van der Waals surface area contributed by atoms with Crippen LogP contribution in [0.15, 0.2) is 0 Å². The fourth-order valence-electron chi connectivity index (χ4n) is 0.243. The van der Waals surface area contributed by atoms with Gasteiger partial charge in [0.2, 0.25) is 0 Å². The minimum absolute atomic E-state index is 0.556. The molecule has 0 aliphatic heterocycles. The Morgan fingerprint density at radius 2 is 2.14 bits per heavy atom. The molecule has 0 N–H and O–H groups in total. The second-order valence-electron chi connectivity index (χ2n) is 1.08. The minimum atomic E-state index is 0.556. The molecule has 0 aromatic carbocycles.